The number of aliphatic carboxylic acids is 1. The van der Waals surface area contributed by atoms with E-state index in [1.807, 2.05) is 0 Å². The highest BCUT2D eigenvalue weighted by Crippen LogP contribution is 2.24. The van der Waals surface area contributed by atoms with Crippen molar-refractivity contribution < 1.29 is 18.7 Å². The molecule has 0 atom stereocenters. The van der Waals surface area contributed by atoms with E-state index in [2.05, 4.69) is 15.5 Å². The number of carboxylic acid groups (broad SMARTS) is 1. The molecule has 1 heterocycles. The first kappa shape index (κ1) is 13.1. The summed E-state index contributed by atoms with van der Waals surface area (Å²) in [5.74, 6) is -2.78. The third-order valence-corrected chi connectivity index (χ3v) is 2.64. The summed E-state index contributed by atoms with van der Waals surface area (Å²) >= 11 is 0. The normalized spacial score (nSPS) is 11.6. The summed E-state index contributed by atoms with van der Waals surface area (Å²) in [7, 11) is 0. The zero-order valence-corrected chi connectivity index (χ0v) is 10.1. The average Bonchev–Trinajstić information content (AvgIpc) is 2.76. The molecule has 8 heteroatoms. The lowest BCUT2D eigenvalue weighted by molar-refractivity contribution is -0.146. The largest absolute Gasteiger partial charge is 0.479 e. The van der Waals surface area contributed by atoms with E-state index in [0.29, 0.717) is 6.07 Å². The van der Waals surface area contributed by atoms with Gasteiger partial charge in [-0.1, -0.05) is 0 Å². The Morgan fingerprint density at radius 1 is 1.26 bits per heavy atom. The molecule has 0 aliphatic carbocycles. The molecule has 2 aromatic rings. The van der Waals surface area contributed by atoms with Crippen molar-refractivity contribution in [1.29, 1.82) is 0 Å². The molecule has 0 unspecified atom stereocenters. The standard InChI is InChI=1S/C11H10F2N4O2/c1-11(2,10(18)19)17-9(14-15-16-17)6-3-7(12)5-8(13)4-6/h3-5H,1-2H3,(H,18,19). The van der Waals surface area contributed by atoms with E-state index in [1.54, 1.807) is 0 Å². The number of halogens is 2. The Bertz CT molecular complexity index is 619. The Kier molecular flexibility index (Phi) is 3.01. The van der Waals surface area contributed by atoms with Crippen LogP contribution in [0.5, 0.6) is 0 Å². The molecule has 1 aromatic carbocycles. The predicted octanol–water partition coefficient (Wildman–Crippen LogP) is 1.44. The molecule has 1 aromatic heterocycles. The van der Waals surface area contributed by atoms with Gasteiger partial charge in [-0.3, -0.25) is 0 Å². The van der Waals surface area contributed by atoms with Gasteiger partial charge in [0.25, 0.3) is 0 Å². The number of carboxylic acids is 1. The monoisotopic (exact) mass is 268 g/mol. The third kappa shape index (κ3) is 2.28. The van der Waals surface area contributed by atoms with Crippen molar-refractivity contribution in [3.63, 3.8) is 0 Å². The van der Waals surface area contributed by atoms with E-state index in [0.717, 1.165) is 16.8 Å². The molecule has 0 spiro atoms. The van der Waals surface area contributed by atoms with Gasteiger partial charge >= 0.3 is 5.97 Å². The number of benzene rings is 1. The molecule has 100 valence electrons. The van der Waals surface area contributed by atoms with Crippen LogP contribution in [0.2, 0.25) is 0 Å². The molecule has 1 N–H and O–H groups in total. The van der Waals surface area contributed by atoms with Crippen LogP contribution in [0.15, 0.2) is 18.2 Å². The molecule has 6 nitrogen and oxygen atoms in total. The maximum absolute atomic E-state index is 13.2. The maximum atomic E-state index is 13.2. The molecule has 0 fully saturated rings. The van der Waals surface area contributed by atoms with E-state index in [1.165, 1.54) is 13.8 Å². The summed E-state index contributed by atoms with van der Waals surface area (Å²) in [6.07, 6.45) is 0. The Hall–Kier alpha value is -2.38. The molecule has 0 radical (unpaired) electrons. The molecule has 0 amide bonds. The van der Waals surface area contributed by atoms with Gasteiger partial charge < -0.3 is 5.11 Å². The van der Waals surface area contributed by atoms with Crippen LogP contribution in [0, 0.1) is 11.6 Å². The van der Waals surface area contributed by atoms with E-state index < -0.39 is 23.1 Å². The topological polar surface area (TPSA) is 80.9 Å². The number of rotatable bonds is 3. The quantitative estimate of drug-likeness (QED) is 0.910. The van der Waals surface area contributed by atoms with E-state index in [9.17, 15) is 13.6 Å². The SMILES string of the molecule is CC(C)(C(=O)O)n1nnnc1-c1cc(F)cc(F)c1. The first-order valence-electron chi connectivity index (χ1n) is 5.31. The molecule has 0 aliphatic heterocycles. The Balaban J connectivity index is 2.59. The summed E-state index contributed by atoms with van der Waals surface area (Å²) in [6.45, 7) is 2.76. The van der Waals surface area contributed by atoms with Crippen LogP contribution in [-0.2, 0) is 10.3 Å². The lowest BCUT2D eigenvalue weighted by Gasteiger charge is -2.20. The Morgan fingerprint density at radius 2 is 1.84 bits per heavy atom. The van der Waals surface area contributed by atoms with Gasteiger partial charge in [-0.2, -0.15) is 0 Å². The minimum atomic E-state index is -1.44. The first-order valence-corrected chi connectivity index (χ1v) is 5.31. The van der Waals surface area contributed by atoms with E-state index in [4.69, 9.17) is 5.11 Å². The number of hydrogen-bond acceptors (Lipinski definition) is 4. The van der Waals surface area contributed by atoms with Crippen LogP contribution >= 0.6 is 0 Å². The molecular formula is C11H10F2N4O2. The smallest absolute Gasteiger partial charge is 0.331 e. The fourth-order valence-corrected chi connectivity index (χ4v) is 1.52. The van der Waals surface area contributed by atoms with Crippen LogP contribution in [-0.4, -0.2) is 31.3 Å². The zero-order chi connectivity index (χ0) is 14.2. The van der Waals surface area contributed by atoms with Crippen molar-refractivity contribution >= 4 is 5.97 Å². The molecule has 2 rings (SSSR count). The Morgan fingerprint density at radius 3 is 2.37 bits per heavy atom. The van der Waals surface area contributed by atoms with Gasteiger partial charge in [0.15, 0.2) is 11.4 Å². The van der Waals surface area contributed by atoms with Crippen molar-refractivity contribution in [3.05, 3.63) is 29.8 Å². The van der Waals surface area contributed by atoms with E-state index in [-0.39, 0.29) is 11.4 Å². The molecule has 0 bridgehead atoms. The van der Waals surface area contributed by atoms with Gasteiger partial charge in [-0.25, -0.2) is 18.3 Å². The van der Waals surface area contributed by atoms with Crippen molar-refractivity contribution in [3.8, 4) is 11.4 Å². The highest BCUT2D eigenvalue weighted by Gasteiger charge is 2.34. The fraction of sp³-hybridized carbons (Fsp3) is 0.273. The van der Waals surface area contributed by atoms with Crippen molar-refractivity contribution in [1.82, 2.24) is 20.2 Å². The number of tetrazole rings is 1. The van der Waals surface area contributed by atoms with Gasteiger partial charge in [0.2, 0.25) is 0 Å². The van der Waals surface area contributed by atoms with Gasteiger partial charge in [0, 0.05) is 11.6 Å². The van der Waals surface area contributed by atoms with Gasteiger partial charge in [0.05, 0.1) is 0 Å². The maximum Gasteiger partial charge on any atom is 0.331 e. The highest BCUT2D eigenvalue weighted by atomic mass is 19.1. The predicted molar refractivity (Wildman–Crippen MR) is 60.1 cm³/mol. The van der Waals surface area contributed by atoms with Gasteiger partial charge in [0.1, 0.15) is 11.6 Å². The second kappa shape index (κ2) is 4.38. The number of carbonyl (C=O) groups is 1. The number of aromatic nitrogens is 4. The highest BCUT2D eigenvalue weighted by molar-refractivity contribution is 5.76. The van der Waals surface area contributed by atoms with Crippen LogP contribution < -0.4 is 0 Å². The Labute approximate surface area is 106 Å². The van der Waals surface area contributed by atoms with E-state index >= 15 is 0 Å². The second-order valence-corrected chi connectivity index (χ2v) is 4.44. The number of nitrogens with zero attached hydrogens (tertiary/aromatic N) is 4. The van der Waals surface area contributed by atoms with Crippen molar-refractivity contribution in [2.24, 2.45) is 0 Å². The van der Waals surface area contributed by atoms with Crippen LogP contribution in [0.3, 0.4) is 0 Å². The average molecular weight is 268 g/mol. The lowest BCUT2D eigenvalue weighted by Crippen LogP contribution is -2.37. The third-order valence-electron chi connectivity index (χ3n) is 2.64. The zero-order valence-electron chi connectivity index (χ0n) is 10.1. The van der Waals surface area contributed by atoms with Gasteiger partial charge in [-0.15, -0.1) is 5.10 Å². The number of hydrogen-bond donors (Lipinski definition) is 1. The summed E-state index contributed by atoms with van der Waals surface area (Å²) in [6, 6.07) is 2.77. The van der Waals surface area contributed by atoms with Gasteiger partial charge in [-0.05, 0) is 36.4 Å². The minimum Gasteiger partial charge on any atom is -0.479 e. The summed E-state index contributed by atoms with van der Waals surface area (Å²) in [5, 5.41) is 19.7. The minimum absolute atomic E-state index is 0.0224. The lowest BCUT2D eigenvalue weighted by atomic mass is 10.1. The van der Waals surface area contributed by atoms with Crippen LogP contribution in [0.1, 0.15) is 13.8 Å². The molecule has 0 saturated carbocycles. The summed E-state index contributed by atoms with van der Waals surface area (Å²) < 4.78 is 27.3. The van der Waals surface area contributed by atoms with Crippen LogP contribution in [0.4, 0.5) is 8.78 Å². The molecular weight excluding hydrogens is 258 g/mol. The van der Waals surface area contributed by atoms with Crippen LogP contribution in [0.25, 0.3) is 11.4 Å². The summed E-state index contributed by atoms with van der Waals surface area (Å²) in [5.41, 5.74) is -1.38. The molecule has 0 saturated heterocycles. The second-order valence-electron chi connectivity index (χ2n) is 4.44. The van der Waals surface area contributed by atoms with Crippen molar-refractivity contribution in [2.75, 3.05) is 0 Å². The molecule has 19 heavy (non-hydrogen) atoms. The fourth-order valence-electron chi connectivity index (χ4n) is 1.52. The molecule has 0 aliphatic rings. The first-order chi connectivity index (χ1) is 8.82. The van der Waals surface area contributed by atoms with Crippen molar-refractivity contribution in [2.45, 2.75) is 19.4 Å². The summed E-state index contributed by atoms with van der Waals surface area (Å²) in [4.78, 5) is 11.2.